The van der Waals surface area contributed by atoms with Crippen molar-refractivity contribution in [1.82, 2.24) is 4.57 Å². The summed E-state index contributed by atoms with van der Waals surface area (Å²) in [6, 6.07) is 7.23. The van der Waals surface area contributed by atoms with Crippen molar-refractivity contribution in [2.45, 2.75) is 6.92 Å². The van der Waals surface area contributed by atoms with E-state index < -0.39 is 0 Å². The van der Waals surface area contributed by atoms with Crippen molar-refractivity contribution < 1.29 is 9.47 Å². The van der Waals surface area contributed by atoms with Crippen LogP contribution in [0.3, 0.4) is 0 Å². The molecule has 0 radical (unpaired) electrons. The van der Waals surface area contributed by atoms with Crippen LogP contribution in [0.4, 0.5) is 5.69 Å². The van der Waals surface area contributed by atoms with Crippen molar-refractivity contribution in [3.8, 4) is 5.75 Å². The number of aryl methyl sites for hydroxylation is 1. The second-order valence-corrected chi connectivity index (χ2v) is 5.78. The zero-order valence-corrected chi connectivity index (χ0v) is 11.7. The van der Waals surface area contributed by atoms with Crippen LogP contribution < -0.4 is 16.0 Å². The molecule has 0 amide bonds. The van der Waals surface area contributed by atoms with E-state index in [9.17, 15) is 4.79 Å². The number of ether oxygens (including phenoxy) is 2. The van der Waals surface area contributed by atoms with Gasteiger partial charge in [0.05, 0.1) is 25.3 Å². The normalized spacial score (nSPS) is 16.9. The van der Waals surface area contributed by atoms with Gasteiger partial charge in [0.25, 0.3) is 5.56 Å². The molecular weight excluding hydrogens is 256 g/mol. The Morgan fingerprint density at radius 1 is 1.40 bits per heavy atom. The van der Waals surface area contributed by atoms with Gasteiger partial charge in [0.15, 0.2) is 5.75 Å². The van der Waals surface area contributed by atoms with Crippen LogP contribution in [-0.2, 0) is 11.8 Å². The summed E-state index contributed by atoms with van der Waals surface area (Å²) in [7, 11) is 1.74. The fourth-order valence-corrected chi connectivity index (χ4v) is 2.36. The number of nitrogen functional groups attached to an aromatic ring is 1. The van der Waals surface area contributed by atoms with Crippen LogP contribution >= 0.6 is 0 Å². The van der Waals surface area contributed by atoms with Gasteiger partial charge in [-0.05, 0) is 24.3 Å². The molecule has 3 rings (SSSR count). The summed E-state index contributed by atoms with van der Waals surface area (Å²) in [5.41, 5.74) is 7.18. The van der Waals surface area contributed by atoms with Crippen LogP contribution in [0, 0.1) is 5.41 Å². The number of rotatable bonds is 3. The Bertz CT molecular complexity index is 717. The molecule has 2 N–H and O–H groups in total. The molecule has 1 aromatic carbocycles. The van der Waals surface area contributed by atoms with Crippen LogP contribution in [0.5, 0.6) is 5.75 Å². The summed E-state index contributed by atoms with van der Waals surface area (Å²) in [5, 5.41) is 0.900. The molecule has 0 spiro atoms. The molecule has 20 heavy (non-hydrogen) atoms. The van der Waals surface area contributed by atoms with Crippen LogP contribution in [0.15, 0.2) is 29.1 Å². The quantitative estimate of drug-likeness (QED) is 0.862. The number of hydrogen-bond donors (Lipinski definition) is 1. The average molecular weight is 274 g/mol. The highest BCUT2D eigenvalue weighted by Crippen LogP contribution is 2.27. The smallest absolute Gasteiger partial charge is 0.293 e. The Morgan fingerprint density at radius 2 is 2.15 bits per heavy atom. The number of pyridine rings is 1. The summed E-state index contributed by atoms with van der Waals surface area (Å²) in [4.78, 5) is 12.3. The predicted octanol–water partition coefficient (Wildman–Crippen LogP) is 1.54. The van der Waals surface area contributed by atoms with Gasteiger partial charge in [-0.3, -0.25) is 4.79 Å². The maximum atomic E-state index is 12.3. The third kappa shape index (κ3) is 2.14. The Kier molecular flexibility index (Phi) is 2.94. The number of aromatic nitrogens is 1. The van der Waals surface area contributed by atoms with Crippen LogP contribution in [0.2, 0.25) is 0 Å². The molecule has 1 aromatic heterocycles. The second-order valence-electron chi connectivity index (χ2n) is 5.78. The molecule has 0 atom stereocenters. The zero-order valence-electron chi connectivity index (χ0n) is 11.7. The van der Waals surface area contributed by atoms with E-state index in [1.54, 1.807) is 23.7 Å². The molecule has 5 nitrogen and oxygen atoms in total. The highest BCUT2D eigenvalue weighted by molar-refractivity contribution is 5.83. The topological polar surface area (TPSA) is 66.5 Å². The first-order valence-electron chi connectivity index (χ1n) is 6.58. The highest BCUT2D eigenvalue weighted by atomic mass is 16.5. The molecule has 0 saturated carbocycles. The predicted molar refractivity (Wildman–Crippen MR) is 78.0 cm³/mol. The van der Waals surface area contributed by atoms with Gasteiger partial charge in [-0.15, -0.1) is 0 Å². The first-order chi connectivity index (χ1) is 9.48. The van der Waals surface area contributed by atoms with E-state index in [0.29, 0.717) is 31.3 Å². The SMILES string of the molecule is Cn1c(=O)c(OCC2(C)COC2)cc2cc(N)ccc21. The van der Waals surface area contributed by atoms with Gasteiger partial charge in [-0.25, -0.2) is 0 Å². The number of nitrogens with two attached hydrogens (primary N) is 1. The van der Waals surface area contributed by atoms with Gasteiger partial charge in [-0.1, -0.05) is 6.92 Å². The van der Waals surface area contributed by atoms with Crippen molar-refractivity contribution in [3.05, 3.63) is 34.6 Å². The van der Waals surface area contributed by atoms with Gasteiger partial charge >= 0.3 is 0 Å². The summed E-state index contributed by atoms with van der Waals surface area (Å²) in [6.07, 6.45) is 0. The molecule has 2 aromatic rings. The van der Waals surface area contributed by atoms with E-state index in [1.807, 2.05) is 12.1 Å². The molecule has 5 heteroatoms. The Hall–Kier alpha value is -2.01. The Balaban J connectivity index is 1.98. The molecule has 0 aliphatic carbocycles. The Morgan fingerprint density at radius 3 is 2.80 bits per heavy atom. The standard InChI is InChI=1S/C15H18N2O3/c1-15(7-19-8-15)9-20-13-6-10-5-11(16)3-4-12(10)17(2)14(13)18/h3-6H,7-9,16H2,1-2H3. The van der Waals surface area contributed by atoms with Crippen molar-refractivity contribution in [2.75, 3.05) is 25.6 Å². The van der Waals surface area contributed by atoms with Crippen LogP contribution in [0.1, 0.15) is 6.92 Å². The van der Waals surface area contributed by atoms with E-state index in [2.05, 4.69) is 6.92 Å². The maximum absolute atomic E-state index is 12.3. The summed E-state index contributed by atoms with van der Waals surface area (Å²) < 4.78 is 12.5. The maximum Gasteiger partial charge on any atom is 0.293 e. The average Bonchev–Trinajstić information content (AvgIpc) is 2.39. The largest absolute Gasteiger partial charge is 0.487 e. The first kappa shape index (κ1) is 13.0. The summed E-state index contributed by atoms with van der Waals surface area (Å²) >= 11 is 0. The number of nitrogens with zero attached hydrogens (tertiary/aromatic N) is 1. The number of anilines is 1. The zero-order chi connectivity index (χ0) is 14.3. The van der Waals surface area contributed by atoms with Gasteiger partial charge in [-0.2, -0.15) is 0 Å². The van der Waals surface area contributed by atoms with Gasteiger partial charge < -0.3 is 19.8 Å². The molecule has 0 bridgehead atoms. The van der Waals surface area contributed by atoms with Gasteiger partial charge in [0.2, 0.25) is 0 Å². The minimum atomic E-state index is -0.133. The van der Waals surface area contributed by atoms with Crippen LogP contribution in [0.25, 0.3) is 10.9 Å². The van der Waals surface area contributed by atoms with E-state index in [0.717, 1.165) is 10.9 Å². The van der Waals surface area contributed by atoms with E-state index in [1.165, 1.54) is 0 Å². The first-order valence-corrected chi connectivity index (χ1v) is 6.58. The van der Waals surface area contributed by atoms with Crippen molar-refractivity contribution in [1.29, 1.82) is 0 Å². The minimum Gasteiger partial charge on any atom is -0.487 e. The fraction of sp³-hybridized carbons (Fsp3) is 0.400. The number of benzene rings is 1. The molecule has 1 aliphatic rings. The molecule has 1 saturated heterocycles. The lowest BCUT2D eigenvalue weighted by Gasteiger charge is -2.37. The second kappa shape index (κ2) is 4.52. The van der Waals surface area contributed by atoms with Crippen LogP contribution in [-0.4, -0.2) is 24.4 Å². The van der Waals surface area contributed by atoms with Crippen molar-refractivity contribution in [2.24, 2.45) is 12.5 Å². The number of hydrogen-bond acceptors (Lipinski definition) is 4. The monoisotopic (exact) mass is 274 g/mol. The summed E-state index contributed by atoms with van der Waals surface area (Å²) in [6.45, 7) is 3.91. The lowest BCUT2D eigenvalue weighted by Crippen LogP contribution is -2.44. The van der Waals surface area contributed by atoms with Crippen molar-refractivity contribution in [3.63, 3.8) is 0 Å². The van der Waals surface area contributed by atoms with E-state index >= 15 is 0 Å². The third-order valence-corrected chi connectivity index (χ3v) is 3.69. The van der Waals surface area contributed by atoms with Gasteiger partial charge in [0.1, 0.15) is 0 Å². The molecule has 1 aliphatic heterocycles. The highest BCUT2D eigenvalue weighted by Gasteiger charge is 2.34. The molecule has 106 valence electrons. The van der Waals surface area contributed by atoms with Crippen molar-refractivity contribution >= 4 is 16.6 Å². The minimum absolute atomic E-state index is 0.00961. The Labute approximate surface area is 116 Å². The molecular formula is C15H18N2O3. The molecule has 1 fully saturated rings. The molecule has 0 unspecified atom stereocenters. The molecule has 2 heterocycles. The van der Waals surface area contributed by atoms with E-state index in [-0.39, 0.29) is 11.0 Å². The third-order valence-electron chi connectivity index (χ3n) is 3.69. The summed E-state index contributed by atoms with van der Waals surface area (Å²) in [5.74, 6) is 0.360. The fourth-order valence-electron chi connectivity index (χ4n) is 2.36. The lowest BCUT2D eigenvalue weighted by atomic mass is 9.90. The van der Waals surface area contributed by atoms with Gasteiger partial charge in [0, 0.05) is 23.5 Å². The lowest BCUT2D eigenvalue weighted by molar-refractivity contribution is -0.120. The van der Waals surface area contributed by atoms with E-state index in [4.69, 9.17) is 15.2 Å². The number of fused-ring (bicyclic) bond motifs is 1.